The van der Waals surface area contributed by atoms with E-state index >= 15 is 0 Å². The van der Waals surface area contributed by atoms with Gasteiger partial charge in [-0.2, -0.15) is 0 Å². The first-order valence-electron chi connectivity index (χ1n) is 11.7. The number of aliphatic imine (C=N–C) groups is 1. The molecule has 1 fully saturated rings. The van der Waals surface area contributed by atoms with Gasteiger partial charge >= 0.3 is 0 Å². The zero-order chi connectivity index (χ0) is 19.7. The maximum Gasteiger partial charge on any atom is 0.191 e. The van der Waals surface area contributed by atoms with Gasteiger partial charge in [-0.15, -0.1) is 0 Å². The maximum absolute atomic E-state index is 4.78. The second-order valence-corrected chi connectivity index (χ2v) is 7.94. The number of nitrogens with zero attached hydrogens (tertiary/aromatic N) is 3. The van der Waals surface area contributed by atoms with Crippen molar-refractivity contribution in [2.24, 2.45) is 4.99 Å². The molecule has 0 radical (unpaired) electrons. The quantitative estimate of drug-likeness (QED) is 0.273. The van der Waals surface area contributed by atoms with E-state index in [0.29, 0.717) is 6.04 Å². The predicted octanol–water partition coefficient (Wildman–Crippen LogP) is 3.71. The molecule has 1 heterocycles. The van der Waals surface area contributed by atoms with E-state index in [0.717, 1.165) is 32.1 Å². The fraction of sp³-hybridized carbons (Fsp3) is 0.955. The molecular weight excluding hydrogens is 334 g/mol. The van der Waals surface area contributed by atoms with Gasteiger partial charge < -0.3 is 20.4 Å². The van der Waals surface area contributed by atoms with Gasteiger partial charge in [0.25, 0.3) is 0 Å². The van der Waals surface area contributed by atoms with Crippen LogP contribution in [-0.4, -0.2) is 74.2 Å². The van der Waals surface area contributed by atoms with Gasteiger partial charge in [0.15, 0.2) is 5.96 Å². The van der Waals surface area contributed by atoms with Crippen LogP contribution in [-0.2, 0) is 0 Å². The van der Waals surface area contributed by atoms with Gasteiger partial charge in [-0.3, -0.25) is 4.99 Å². The first-order valence-corrected chi connectivity index (χ1v) is 11.7. The Labute approximate surface area is 169 Å². The largest absolute Gasteiger partial charge is 0.357 e. The minimum absolute atomic E-state index is 0.470. The zero-order valence-corrected chi connectivity index (χ0v) is 18.7. The van der Waals surface area contributed by atoms with Gasteiger partial charge in [0, 0.05) is 19.1 Å². The highest BCUT2D eigenvalue weighted by Gasteiger charge is 2.09. The van der Waals surface area contributed by atoms with Crippen molar-refractivity contribution in [2.45, 2.75) is 85.1 Å². The fourth-order valence-electron chi connectivity index (χ4n) is 3.78. The van der Waals surface area contributed by atoms with Crippen molar-refractivity contribution in [3.8, 4) is 0 Å². The van der Waals surface area contributed by atoms with Crippen LogP contribution in [0.1, 0.15) is 79.1 Å². The number of rotatable bonds is 14. The molecule has 0 aromatic carbocycles. The van der Waals surface area contributed by atoms with Crippen LogP contribution in [0.5, 0.6) is 0 Å². The SMILES string of the molecule is CCNC(=NCCCCCN1CCCCC1)NC(C)CCCN(CC)CC. The number of hydrogen-bond donors (Lipinski definition) is 2. The van der Waals surface area contributed by atoms with Crippen molar-refractivity contribution in [1.82, 2.24) is 20.4 Å². The lowest BCUT2D eigenvalue weighted by Crippen LogP contribution is -2.42. The molecule has 0 aromatic heterocycles. The first-order chi connectivity index (χ1) is 13.2. The van der Waals surface area contributed by atoms with Crippen LogP contribution in [0.3, 0.4) is 0 Å². The Morgan fingerprint density at radius 2 is 1.74 bits per heavy atom. The van der Waals surface area contributed by atoms with E-state index in [1.165, 1.54) is 77.5 Å². The van der Waals surface area contributed by atoms with E-state index < -0.39 is 0 Å². The summed E-state index contributed by atoms with van der Waals surface area (Å²) in [5.41, 5.74) is 0. The number of nitrogens with one attached hydrogen (secondary N) is 2. The Hall–Kier alpha value is -0.810. The first kappa shape index (κ1) is 24.2. The summed E-state index contributed by atoms with van der Waals surface area (Å²) in [6, 6.07) is 0.470. The van der Waals surface area contributed by atoms with E-state index in [1.807, 2.05) is 0 Å². The summed E-state index contributed by atoms with van der Waals surface area (Å²) in [4.78, 5) is 9.92. The van der Waals surface area contributed by atoms with Crippen molar-refractivity contribution in [3.63, 3.8) is 0 Å². The number of hydrogen-bond acceptors (Lipinski definition) is 3. The van der Waals surface area contributed by atoms with E-state index in [2.05, 4.69) is 48.1 Å². The van der Waals surface area contributed by atoms with Crippen LogP contribution < -0.4 is 10.6 Å². The van der Waals surface area contributed by atoms with Gasteiger partial charge in [0.1, 0.15) is 0 Å². The summed E-state index contributed by atoms with van der Waals surface area (Å²) in [6.07, 6.45) is 10.5. The molecule has 2 N–H and O–H groups in total. The summed E-state index contributed by atoms with van der Waals surface area (Å²) >= 11 is 0. The Bertz CT molecular complexity index is 362. The fourth-order valence-corrected chi connectivity index (χ4v) is 3.78. The topological polar surface area (TPSA) is 42.9 Å². The molecule has 0 aromatic rings. The van der Waals surface area contributed by atoms with Crippen molar-refractivity contribution >= 4 is 5.96 Å². The normalized spacial score (nSPS) is 17.3. The van der Waals surface area contributed by atoms with E-state index in [4.69, 9.17) is 4.99 Å². The van der Waals surface area contributed by atoms with Gasteiger partial charge in [0.2, 0.25) is 0 Å². The molecule has 160 valence electrons. The summed E-state index contributed by atoms with van der Waals surface area (Å²) in [6.45, 7) is 18.2. The third-order valence-corrected chi connectivity index (χ3v) is 5.58. The molecule has 1 aliphatic rings. The monoisotopic (exact) mass is 381 g/mol. The minimum Gasteiger partial charge on any atom is -0.357 e. The summed E-state index contributed by atoms with van der Waals surface area (Å²) in [5.74, 6) is 0.990. The van der Waals surface area contributed by atoms with Crippen LogP contribution in [0.2, 0.25) is 0 Å². The smallest absolute Gasteiger partial charge is 0.191 e. The van der Waals surface area contributed by atoms with Crippen molar-refractivity contribution in [1.29, 1.82) is 0 Å². The Balaban J connectivity index is 2.16. The van der Waals surface area contributed by atoms with E-state index in [-0.39, 0.29) is 0 Å². The molecule has 5 nitrogen and oxygen atoms in total. The molecule has 0 aliphatic carbocycles. The molecule has 1 unspecified atom stereocenters. The van der Waals surface area contributed by atoms with Crippen LogP contribution >= 0.6 is 0 Å². The lowest BCUT2D eigenvalue weighted by atomic mass is 10.1. The summed E-state index contributed by atoms with van der Waals surface area (Å²) in [5, 5.41) is 6.98. The molecule has 27 heavy (non-hydrogen) atoms. The van der Waals surface area contributed by atoms with Crippen LogP contribution in [0.25, 0.3) is 0 Å². The third kappa shape index (κ3) is 12.3. The maximum atomic E-state index is 4.78. The standard InChI is InChI=1S/C22H47N5/c1-5-23-22(25-21(4)15-14-20-26(6-2)7-3)24-16-10-8-11-17-27-18-12-9-13-19-27/h21H,5-20H2,1-4H3,(H2,23,24,25). The van der Waals surface area contributed by atoms with Gasteiger partial charge in [-0.05, 0) is 91.6 Å². The Morgan fingerprint density at radius 3 is 2.41 bits per heavy atom. The average molecular weight is 382 g/mol. The van der Waals surface area contributed by atoms with E-state index in [1.54, 1.807) is 0 Å². The number of guanidine groups is 1. The minimum atomic E-state index is 0.470. The molecule has 1 saturated heterocycles. The lowest BCUT2D eigenvalue weighted by molar-refractivity contribution is 0.224. The van der Waals surface area contributed by atoms with Gasteiger partial charge in [-0.25, -0.2) is 0 Å². The molecular formula is C22H47N5. The molecule has 5 heteroatoms. The van der Waals surface area contributed by atoms with Crippen molar-refractivity contribution < 1.29 is 0 Å². The second kappa shape index (κ2) is 16.2. The van der Waals surface area contributed by atoms with Crippen LogP contribution in [0.15, 0.2) is 4.99 Å². The molecule has 0 bridgehead atoms. The number of unbranched alkanes of at least 4 members (excludes halogenated alkanes) is 2. The molecule has 1 rings (SSSR count). The van der Waals surface area contributed by atoms with Gasteiger partial charge in [-0.1, -0.05) is 26.7 Å². The molecule has 1 atom stereocenters. The zero-order valence-electron chi connectivity index (χ0n) is 18.7. The molecule has 0 saturated carbocycles. The summed E-state index contributed by atoms with van der Waals surface area (Å²) in [7, 11) is 0. The average Bonchev–Trinajstić information content (AvgIpc) is 2.69. The van der Waals surface area contributed by atoms with E-state index in [9.17, 15) is 0 Å². The molecule has 0 amide bonds. The molecule has 1 aliphatic heterocycles. The van der Waals surface area contributed by atoms with Crippen LogP contribution in [0, 0.1) is 0 Å². The number of piperidine rings is 1. The Morgan fingerprint density at radius 1 is 1.00 bits per heavy atom. The van der Waals surface area contributed by atoms with Crippen LogP contribution in [0.4, 0.5) is 0 Å². The highest BCUT2D eigenvalue weighted by atomic mass is 15.2. The predicted molar refractivity (Wildman–Crippen MR) is 120 cm³/mol. The second-order valence-electron chi connectivity index (χ2n) is 7.94. The highest BCUT2D eigenvalue weighted by molar-refractivity contribution is 5.79. The Kier molecular flexibility index (Phi) is 14.5. The summed E-state index contributed by atoms with van der Waals surface area (Å²) < 4.78 is 0. The van der Waals surface area contributed by atoms with Crippen molar-refractivity contribution in [3.05, 3.63) is 0 Å². The lowest BCUT2D eigenvalue weighted by Gasteiger charge is -2.26. The highest BCUT2D eigenvalue weighted by Crippen LogP contribution is 2.10. The van der Waals surface area contributed by atoms with Crippen molar-refractivity contribution in [2.75, 3.05) is 52.4 Å². The van der Waals surface area contributed by atoms with Gasteiger partial charge in [0.05, 0.1) is 0 Å². The molecule has 0 spiro atoms. The number of likely N-dealkylation sites (tertiary alicyclic amines) is 1. The third-order valence-electron chi connectivity index (χ3n) is 5.58.